The summed E-state index contributed by atoms with van der Waals surface area (Å²) in [5.74, 6) is -0.245. The molecule has 4 nitrogen and oxygen atoms in total. The molecule has 0 saturated carbocycles. The highest BCUT2D eigenvalue weighted by Crippen LogP contribution is 2.17. The second-order valence-electron chi connectivity index (χ2n) is 6.33. The standard InChI is InChI=1S/C21H25ClN2O2/c1-4-23-21(26)16(3)24(14-17-9-7-11-19(22)12-17)20(25)13-18-10-6-5-8-15(18)2/h5-12,16H,4,13-14H2,1-3H3,(H,23,26)/t16-/m1/s1. The van der Waals surface area contributed by atoms with Crippen molar-refractivity contribution in [3.05, 3.63) is 70.2 Å². The minimum atomic E-state index is -0.564. The molecule has 2 amide bonds. The van der Waals surface area contributed by atoms with Gasteiger partial charge in [0.25, 0.3) is 0 Å². The molecule has 0 unspecified atom stereocenters. The summed E-state index contributed by atoms with van der Waals surface area (Å²) in [5, 5.41) is 3.40. The largest absolute Gasteiger partial charge is 0.355 e. The quantitative estimate of drug-likeness (QED) is 0.804. The summed E-state index contributed by atoms with van der Waals surface area (Å²) >= 11 is 6.07. The van der Waals surface area contributed by atoms with Crippen molar-refractivity contribution < 1.29 is 9.59 Å². The van der Waals surface area contributed by atoms with Crippen LogP contribution in [0, 0.1) is 6.92 Å². The van der Waals surface area contributed by atoms with Crippen molar-refractivity contribution in [2.75, 3.05) is 6.54 Å². The monoisotopic (exact) mass is 372 g/mol. The van der Waals surface area contributed by atoms with E-state index in [0.29, 0.717) is 18.1 Å². The zero-order valence-electron chi connectivity index (χ0n) is 15.5. The first-order valence-corrected chi connectivity index (χ1v) is 9.16. The first-order valence-electron chi connectivity index (χ1n) is 8.78. The molecule has 0 spiro atoms. The summed E-state index contributed by atoms with van der Waals surface area (Å²) in [6, 6.07) is 14.6. The van der Waals surface area contributed by atoms with Crippen molar-refractivity contribution in [2.24, 2.45) is 0 Å². The third-order valence-electron chi connectivity index (χ3n) is 4.36. The summed E-state index contributed by atoms with van der Waals surface area (Å²) in [6.07, 6.45) is 0.261. The number of nitrogens with zero attached hydrogens (tertiary/aromatic N) is 1. The van der Waals surface area contributed by atoms with Gasteiger partial charge in [-0.05, 0) is 49.6 Å². The SMILES string of the molecule is CCNC(=O)[C@@H](C)N(Cc1cccc(Cl)c1)C(=O)Cc1ccccc1C. The van der Waals surface area contributed by atoms with Gasteiger partial charge in [0.1, 0.15) is 6.04 Å². The van der Waals surface area contributed by atoms with Gasteiger partial charge in [-0.1, -0.05) is 48.0 Å². The molecule has 2 aromatic carbocycles. The number of nitrogens with one attached hydrogen (secondary N) is 1. The lowest BCUT2D eigenvalue weighted by Gasteiger charge is -2.29. The van der Waals surface area contributed by atoms with Crippen LogP contribution in [0.2, 0.25) is 5.02 Å². The summed E-state index contributed by atoms with van der Waals surface area (Å²) in [7, 11) is 0. The molecular formula is C21H25ClN2O2. The predicted molar refractivity (Wildman–Crippen MR) is 105 cm³/mol. The van der Waals surface area contributed by atoms with Gasteiger partial charge in [0.2, 0.25) is 11.8 Å². The van der Waals surface area contributed by atoms with E-state index < -0.39 is 6.04 Å². The second-order valence-corrected chi connectivity index (χ2v) is 6.76. The van der Waals surface area contributed by atoms with Crippen molar-refractivity contribution >= 4 is 23.4 Å². The number of halogens is 1. The summed E-state index contributed by atoms with van der Waals surface area (Å²) in [5.41, 5.74) is 2.93. The average Bonchev–Trinajstić information content (AvgIpc) is 2.61. The molecule has 2 rings (SSSR count). The number of amides is 2. The van der Waals surface area contributed by atoms with Crippen molar-refractivity contribution in [3.8, 4) is 0 Å². The Morgan fingerprint density at radius 3 is 2.54 bits per heavy atom. The number of benzene rings is 2. The van der Waals surface area contributed by atoms with Crippen LogP contribution in [0.4, 0.5) is 0 Å². The fourth-order valence-electron chi connectivity index (χ4n) is 2.81. The van der Waals surface area contributed by atoms with E-state index in [4.69, 9.17) is 11.6 Å². The minimum Gasteiger partial charge on any atom is -0.355 e. The number of hydrogen-bond donors (Lipinski definition) is 1. The van der Waals surface area contributed by atoms with Gasteiger partial charge in [-0.25, -0.2) is 0 Å². The molecule has 2 aromatic rings. The van der Waals surface area contributed by atoms with E-state index in [9.17, 15) is 9.59 Å². The topological polar surface area (TPSA) is 49.4 Å². The Bertz CT molecular complexity index is 776. The van der Waals surface area contributed by atoms with E-state index in [1.165, 1.54) is 0 Å². The van der Waals surface area contributed by atoms with E-state index in [1.807, 2.05) is 56.3 Å². The average molecular weight is 373 g/mol. The Morgan fingerprint density at radius 2 is 1.88 bits per heavy atom. The van der Waals surface area contributed by atoms with E-state index in [2.05, 4.69) is 5.32 Å². The number of likely N-dealkylation sites (N-methyl/N-ethyl adjacent to an activating group) is 1. The predicted octanol–water partition coefficient (Wildman–Crippen LogP) is 3.74. The lowest BCUT2D eigenvalue weighted by atomic mass is 10.0. The molecule has 1 atom stereocenters. The summed E-state index contributed by atoms with van der Waals surface area (Å²) in [4.78, 5) is 27.0. The molecule has 1 N–H and O–H groups in total. The summed E-state index contributed by atoms with van der Waals surface area (Å²) < 4.78 is 0. The lowest BCUT2D eigenvalue weighted by Crippen LogP contribution is -2.48. The van der Waals surface area contributed by atoms with Crippen LogP contribution < -0.4 is 5.32 Å². The molecule has 0 radical (unpaired) electrons. The highest BCUT2D eigenvalue weighted by atomic mass is 35.5. The number of aryl methyl sites for hydroxylation is 1. The van der Waals surface area contributed by atoms with Gasteiger partial charge in [-0.2, -0.15) is 0 Å². The van der Waals surface area contributed by atoms with E-state index in [1.54, 1.807) is 17.9 Å². The van der Waals surface area contributed by atoms with E-state index in [0.717, 1.165) is 16.7 Å². The third kappa shape index (κ3) is 5.33. The van der Waals surface area contributed by atoms with Crippen LogP contribution in [0.15, 0.2) is 48.5 Å². The number of carbonyl (C=O) groups excluding carboxylic acids is 2. The highest BCUT2D eigenvalue weighted by molar-refractivity contribution is 6.30. The van der Waals surface area contributed by atoms with Crippen LogP contribution in [0.25, 0.3) is 0 Å². The Hall–Kier alpha value is -2.33. The molecule has 0 fully saturated rings. The van der Waals surface area contributed by atoms with Crippen molar-refractivity contribution in [1.82, 2.24) is 10.2 Å². The molecule has 5 heteroatoms. The van der Waals surface area contributed by atoms with Gasteiger partial charge in [0.05, 0.1) is 6.42 Å². The Kier molecular flexibility index (Phi) is 7.22. The fraction of sp³-hybridized carbons (Fsp3) is 0.333. The third-order valence-corrected chi connectivity index (χ3v) is 4.60. The van der Waals surface area contributed by atoms with Crippen molar-refractivity contribution in [1.29, 1.82) is 0 Å². The van der Waals surface area contributed by atoms with Gasteiger partial charge in [-0.15, -0.1) is 0 Å². The number of hydrogen-bond acceptors (Lipinski definition) is 2. The lowest BCUT2D eigenvalue weighted by molar-refractivity contribution is -0.140. The maximum atomic E-state index is 13.0. The van der Waals surface area contributed by atoms with Crippen LogP contribution in [-0.4, -0.2) is 29.3 Å². The van der Waals surface area contributed by atoms with Crippen molar-refractivity contribution in [3.63, 3.8) is 0 Å². The molecule has 0 aliphatic heterocycles. The first kappa shape index (κ1) is 20.0. The molecule has 0 bridgehead atoms. The van der Waals surface area contributed by atoms with Crippen LogP contribution in [0.5, 0.6) is 0 Å². The molecule has 0 aliphatic carbocycles. The van der Waals surface area contributed by atoms with Crippen LogP contribution in [0.3, 0.4) is 0 Å². The van der Waals surface area contributed by atoms with E-state index >= 15 is 0 Å². The number of carbonyl (C=O) groups is 2. The molecule has 0 aromatic heterocycles. The zero-order chi connectivity index (χ0) is 19.1. The van der Waals surface area contributed by atoms with Gasteiger partial charge >= 0.3 is 0 Å². The Morgan fingerprint density at radius 1 is 1.15 bits per heavy atom. The van der Waals surface area contributed by atoms with Gasteiger partial charge in [-0.3, -0.25) is 9.59 Å². The van der Waals surface area contributed by atoms with Crippen LogP contribution in [0.1, 0.15) is 30.5 Å². The highest BCUT2D eigenvalue weighted by Gasteiger charge is 2.26. The maximum absolute atomic E-state index is 13.0. The first-order chi connectivity index (χ1) is 12.4. The maximum Gasteiger partial charge on any atom is 0.242 e. The molecule has 0 aliphatic rings. The zero-order valence-corrected chi connectivity index (χ0v) is 16.2. The van der Waals surface area contributed by atoms with E-state index in [-0.39, 0.29) is 18.2 Å². The molecule has 0 heterocycles. The Labute approximate surface area is 160 Å². The van der Waals surface area contributed by atoms with Gasteiger partial charge < -0.3 is 10.2 Å². The molecular weight excluding hydrogens is 348 g/mol. The Balaban J connectivity index is 2.25. The molecule has 138 valence electrons. The van der Waals surface area contributed by atoms with Gasteiger partial charge in [0, 0.05) is 18.1 Å². The smallest absolute Gasteiger partial charge is 0.242 e. The minimum absolute atomic E-state index is 0.0852. The van der Waals surface area contributed by atoms with Crippen LogP contribution in [-0.2, 0) is 22.6 Å². The van der Waals surface area contributed by atoms with Crippen LogP contribution >= 0.6 is 11.6 Å². The fourth-order valence-corrected chi connectivity index (χ4v) is 3.02. The normalized spacial score (nSPS) is 11.7. The molecule has 26 heavy (non-hydrogen) atoms. The second kappa shape index (κ2) is 9.39. The van der Waals surface area contributed by atoms with Gasteiger partial charge in [0.15, 0.2) is 0 Å². The van der Waals surface area contributed by atoms with Crippen molar-refractivity contribution in [2.45, 2.75) is 39.8 Å². The summed E-state index contributed by atoms with van der Waals surface area (Å²) in [6.45, 7) is 6.47. The number of rotatable bonds is 7. The molecule has 0 saturated heterocycles.